The second-order valence-corrected chi connectivity index (χ2v) is 5.92. The van der Waals surface area contributed by atoms with Crippen LogP contribution in [-0.4, -0.2) is 32.2 Å². The van der Waals surface area contributed by atoms with Crippen molar-refractivity contribution in [2.24, 2.45) is 0 Å². The number of hydrogen-bond acceptors (Lipinski definition) is 3. The van der Waals surface area contributed by atoms with Crippen LogP contribution in [0.1, 0.15) is 29.4 Å². The number of rotatable bonds is 1. The molecule has 6 nitrogen and oxygen atoms in total. The first-order chi connectivity index (χ1) is 11.5. The fourth-order valence-electron chi connectivity index (χ4n) is 3.31. The van der Waals surface area contributed by atoms with Gasteiger partial charge in [-0.2, -0.15) is 5.10 Å². The van der Waals surface area contributed by atoms with Gasteiger partial charge in [0.2, 0.25) is 0 Å². The third-order valence-electron chi connectivity index (χ3n) is 4.53. The minimum absolute atomic E-state index is 0.0439. The van der Waals surface area contributed by atoms with Gasteiger partial charge in [0.15, 0.2) is 17.5 Å². The third-order valence-corrected chi connectivity index (χ3v) is 4.53. The van der Waals surface area contributed by atoms with E-state index < -0.39 is 23.5 Å². The Kier molecular flexibility index (Phi) is 3.43. The number of benzene rings is 1. The number of urea groups is 1. The van der Waals surface area contributed by atoms with Crippen LogP contribution in [0.15, 0.2) is 12.4 Å². The van der Waals surface area contributed by atoms with Crippen molar-refractivity contribution in [2.75, 3.05) is 6.54 Å². The SMILES string of the molecule is O=C(N[C@H]1CCc2cc(F)c(F)c(F)c21)N1CCn2ncnc2C1. The summed E-state index contributed by atoms with van der Waals surface area (Å²) in [6.07, 6.45) is 2.23. The molecule has 4 rings (SSSR count). The fourth-order valence-corrected chi connectivity index (χ4v) is 3.31. The van der Waals surface area contributed by atoms with Crippen LogP contribution in [0, 0.1) is 17.5 Å². The maximum absolute atomic E-state index is 14.1. The summed E-state index contributed by atoms with van der Waals surface area (Å²) in [5, 5.41) is 6.75. The zero-order chi connectivity index (χ0) is 16.8. The molecule has 0 saturated heterocycles. The fraction of sp³-hybridized carbons (Fsp3) is 0.400. The molecule has 0 saturated carbocycles. The predicted octanol–water partition coefficient (Wildman–Crippen LogP) is 1.91. The molecule has 1 N–H and O–H groups in total. The van der Waals surface area contributed by atoms with Crippen LogP contribution in [0.2, 0.25) is 0 Å². The van der Waals surface area contributed by atoms with Crippen molar-refractivity contribution >= 4 is 6.03 Å². The van der Waals surface area contributed by atoms with E-state index in [0.29, 0.717) is 43.9 Å². The van der Waals surface area contributed by atoms with Gasteiger partial charge in [-0.15, -0.1) is 0 Å². The Balaban J connectivity index is 1.52. The smallest absolute Gasteiger partial charge is 0.318 e. The number of amides is 2. The number of aryl methyl sites for hydroxylation is 1. The van der Waals surface area contributed by atoms with Crippen molar-refractivity contribution in [3.8, 4) is 0 Å². The summed E-state index contributed by atoms with van der Waals surface area (Å²) in [6.45, 7) is 1.27. The number of carbonyl (C=O) groups is 1. The lowest BCUT2D eigenvalue weighted by Crippen LogP contribution is -2.45. The first-order valence-corrected chi connectivity index (χ1v) is 7.63. The number of carbonyl (C=O) groups excluding carboxylic acids is 1. The Morgan fingerprint density at radius 2 is 2.08 bits per heavy atom. The maximum Gasteiger partial charge on any atom is 0.318 e. The van der Waals surface area contributed by atoms with Gasteiger partial charge in [-0.25, -0.2) is 27.6 Å². The molecule has 1 aromatic carbocycles. The normalized spacial score (nSPS) is 19.1. The topological polar surface area (TPSA) is 63.1 Å². The van der Waals surface area contributed by atoms with Crippen LogP contribution < -0.4 is 5.32 Å². The second kappa shape index (κ2) is 5.50. The van der Waals surface area contributed by atoms with Gasteiger partial charge >= 0.3 is 6.03 Å². The van der Waals surface area contributed by atoms with E-state index in [9.17, 15) is 18.0 Å². The van der Waals surface area contributed by atoms with E-state index in [0.717, 1.165) is 6.07 Å². The largest absolute Gasteiger partial charge is 0.331 e. The van der Waals surface area contributed by atoms with Crippen molar-refractivity contribution in [2.45, 2.75) is 32.0 Å². The lowest BCUT2D eigenvalue weighted by molar-refractivity contribution is 0.175. The van der Waals surface area contributed by atoms with E-state index in [1.165, 1.54) is 6.33 Å². The van der Waals surface area contributed by atoms with Crippen molar-refractivity contribution in [3.63, 3.8) is 0 Å². The lowest BCUT2D eigenvalue weighted by atomic mass is 10.1. The van der Waals surface area contributed by atoms with Crippen molar-refractivity contribution < 1.29 is 18.0 Å². The van der Waals surface area contributed by atoms with Gasteiger partial charge in [-0.05, 0) is 24.5 Å². The Hall–Kier alpha value is -2.58. The molecule has 0 bridgehead atoms. The quantitative estimate of drug-likeness (QED) is 0.809. The third kappa shape index (κ3) is 2.31. The molecule has 2 heterocycles. The monoisotopic (exact) mass is 337 g/mol. The highest BCUT2D eigenvalue weighted by molar-refractivity contribution is 5.75. The highest BCUT2D eigenvalue weighted by atomic mass is 19.2. The summed E-state index contributed by atoms with van der Waals surface area (Å²) >= 11 is 0. The number of aromatic nitrogens is 3. The molecule has 1 atom stereocenters. The molecule has 2 amide bonds. The molecule has 0 spiro atoms. The van der Waals surface area contributed by atoms with E-state index in [1.807, 2.05) is 0 Å². The minimum Gasteiger partial charge on any atom is -0.331 e. The Labute approximate surface area is 135 Å². The molecule has 2 aromatic rings. The lowest BCUT2D eigenvalue weighted by Gasteiger charge is -2.28. The van der Waals surface area contributed by atoms with Gasteiger partial charge in [-0.1, -0.05) is 0 Å². The summed E-state index contributed by atoms with van der Waals surface area (Å²) in [7, 11) is 0. The van der Waals surface area contributed by atoms with Crippen molar-refractivity contribution in [1.82, 2.24) is 25.0 Å². The van der Waals surface area contributed by atoms with Crippen LogP contribution in [0.5, 0.6) is 0 Å². The average Bonchev–Trinajstić information content (AvgIpc) is 3.19. The first kappa shape index (κ1) is 15.0. The summed E-state index contributed by atoms with van der Waals surface area (Å²) in [6, 6.07) is -0.0443. The number of halogens is 3. The highest BCUT2D eigenvalue weighted by Crippen LogP contribution is 2.35. The van der Waals surface area contributed by atoms with E-state index in [2.05, 4.69) is 15.4 Å². The predicted molar refractivity (Wildman–Crippen MR) is 76.3 cm³/mol. The van der Waals surface area contributed by atoms with Crippen LogP contribution in [0.3, 0.4) is 0 Å². The maximum atomic E-state index is 14.1. The Bertz CT molecular complexity index is 822. The summed E-state index contributed by atoms with van der Waals surface area (Å²) < 4.78 is 42.6. The molecule has 0 unspecified atom stereocenters. The van der Waals surface area contributed by atoms with Gasteiger partial charge in [-0.3, -0.25) is 0 Å². The zero-order valence-corrected chi connectivity index (χ0v) is 12.6. The van der Waals surface area contributed by atoms with E-state index in [4.69, 9.17) is 0 Å². The van der Waals surface area contributed by atoms with Crippen molar-refractivity contribution in [3.05, 3.63) is 46.8 Å². The van der Waals surface area contributed by atoms with E-state index >= 15 is 0 Å². The summed E-state index contributed by atoms with van der Waals surface area (Å²) in [4.78, 5) is 18.0. The summed E-state index contributed by atoms with van der Waals surface area (Å²) in [5.74, 6) is -3.25. The molecule has 0 radical (unpaired) electrons. The van der Waals surface area contributed by atoms with Crippen LogP contribution >= 0.6 is 0 Å². The van der Waals surface area contributed by atoms with Crippen LogP contribution in [-0.2, 0) is 19.5 Å². The first-order valence-electron chi connectivity index (χ1n) is 7.63. The molecule has 1 aliphatic heterocycles. The number of nitrogens with zero attached hydrogens (tertiary/aromatic N) is 4. The Morgan fingerprint density at radius 1 is 1.25 bits per heavy atom. The highest BCUT2D eigenvalue weighted by Gasteiger charge is 2.32. The number of nitrogens with one attached hydrogen (secondary N) is 1. The molecule has 126 valence electrons. The van der Waals surface area contributed by atoms with Crippen molar-refractivity contribution in [1.29, 1.82) is 0 Å². The van der Waals surface area contributed by atoms with Gasteiger partial charge in [0.1, 0.15) is 12.2 Å². The van der Waals surface area contributed by atoms with Gasteiger partial charge < -0.3 is 10.2 Å². The van der Waals surface area contributed by atoms with Gasteiger partial charge in [0.05, 0.1) is 19.1 Å². The molecule has 24 heavy (non-hydrogen) atoms. The second-order valence-electron chi connectivity index (χ2n) is 5.92. The molecule has 1 aliphatic carbocycles. The Morgan fingerprint density at radius 3 is 2.92 bits per heavy atom. The molecular weight excluding hydrogens is 323 g/mol. The molecule has 9 heteroatoms. The van der Waals surface area contributed by atoms with E-state index in [1.54, 1.807) is 9.58 Å². The van der Waals surface area contributed by atoms with Crippen LogP contribution in [0.25, 0.3) is 0 Å². The summed E-state index contributed by atoms with van der Waals surface area (Å²) in [5.41, 5.74) is 0.442. The van der Waals surface area contributed by atoms with Gasteiger partial charge in [0.25, 0.3) is 0 Å². The number of hydrogen-bond donors (Lipinski definition) is 1. The number of fused-ring (bicyclic) bond motifs is 2. The zero-order valence-electron chi connectivity index (χ0n) is 12.6. The average molecular weight is 337 g/mol. The molecule has 0 fully saturated rings. The molecular formula is C15H14F3N5O. The van der Waals surface area contributed by atoms with Crippen LogP contribution in [0.4, 0.5) is 18.0 Å². The molecule has 2 aliphatic rings. The van der Waals surface area contributed by atoms with E-state index in [-0.39, 0.29) is 11.6 Å². The standard InChI is InChI=1S/C15H14F3N5O/c16-9-5-8-1-2-10(12(8)14(18)13(9)17)21-15(24)22-3-4-23-11(6-22)19-7-20-23/h5,7,10H,1-4,6H2,(H,21,24)/t10-/m0/s1. The molecule has 1 aromatic heterocycles. The van der Waals surface area contributed by atoms with Gasteiger partial charge in [0, 0.05) is 12.1 Å². The minimum atomic E-state index is -1.50.